The highest BCUT2D eigenvalue weighted by Crippen LogP contribution is 2.40. The van der Waals surface area contributed by atoms with Gasteiger partial charge in [-0.1, -0.05) is 6.92 Å². The molecule has 2 rings (SSSR count). The van der Waals surface area contributed by atoms with E-state index in [9.17, 15) is 4.79 Å². The lowest BCUT2D eigenvalue weighted by Crippen LogP contribution is -2.63. The summed E-state index contributed by atoms with van der Waals surface area (Å²) in [6.45, 7) is 7.15. The van der Waals surface area contributed by atoms with Crippen molar-refractivity contribution >= 4 is 5.91 Å². The second kappa shape index (κ2) is 7.07. The Kier molecular flexibility index (Phi) is 5.63. The Bertz CT molecular complexity index is 358. The number of nitrogens with one attached hydrogen (secondary N) is 1. The van der Waals surface area contributed by atoms with Crippen molar-refractivity contribution in [3.8, 4) is 0 Å². The summed E-state index contributed by atoms with van der Waals surface area (Å²) in [6, 6.07) is 0. The van der Waals surface area contributed by atoms with E-state index in [-0.39, 0.29) is 5.91 Å². The molecule has 2 atom stereocenters. The SMILES string of the molecule is CCCNC(CN(C)CC1CCN(C)C1)(C(N)=O)C1CC1. The lowest BCUT2D eigenvalue weighted by Gasteiger charge is -2.36. The number of likely N-dealkylation sites (N-methyl/N-ethyl adjacent to an activating group) is 1. The Morgan fingerprint density at radius 1 is 1.43 bits per heavy atom. The van der Waals surface area contributed by atoms with Gasteiger partial charge in [-0.05, 0) is 64.7 Å². The van der Waals surface area contributed by atoms with Gasteiger partial charge in [-0.3, -0.25) is 4.79 Å². The van der Waals surface area contributed by atoms with Crippen molar-refractivity contribution in [1.82, 2.24) is 15.1 Å². The average Bonchev–Trinajstić information content (AvgIpc) is 3.19. The van der Waals surface area contributed by atoms with E-state index in [1.807, 2.05) is 0 Å². The molecule has 0 spiro atoms. The molecular weight excluding hydrogens is 264 g/mol. The number of rotatable bonds is 9. The molecule has 2 aliphatic rings. The van der Waals surface area contributed by atoms with Gasteiger partial charge in [-0.25, -0.2) is 0 Å². The molecule has 1 aliphatic carbocycles. The van der Waals surface area contributed by atoms with Gasteiger partial charge in [0.25, 0.3) is 0 Å². The normalized spacial score (nSPS) is 26.2. The molecule has 1 saturated carbocycles. The maximum atomic E-state index is 12.2. The summed E-state index contributed by atoms with van der Waals surface area (Å²) < 4.78 is 0. The van der Waals surface area contributed by atoms with Gasteiger partial charge in [0.15, 0.2) is 0 Å². The Labute approximate surface area is 129 Å². The summed E-state index contributed by atoms with van der Waals surface area (Å²) in [5.74, 6) is 0.972. The van der Waals surface area contributed by atoms with Crippen LogP contribution in [0.3, 0.4) is 0 Å². The van der Waals surface area contributed by atoms with E-state index >= 15 is 0 Å². The van der Waals surface area contributed by atoms with E-state index in [1.54, 1.807) is 0 Å². The van der Waals surface area contributed by atoms with Crippen molar-refractivity contribution in [3.63, 3.8) is 0 Å². The highest BCUT2D eigenvalue weighted by Gasteiger charge is 2.50. The first-order valence-corrected chi connectivity index (χ1v) is 8.40. The van der Waals surface area contributed by atoms with Crippen LogP contribution in [0.2, 0.25) is 0 Å². The maximum absolute atomic E-state index is 12.2. The topological polar surface area (TPSA) is 61.6 Å². The number of amides is 1. The second-order valence-corrected chi connectivity index (χ2v) is 7.15. The van der Waals surface area contributed by atoms with Crippen molar-refractivity contribution in [2.24, 2.45) is 17.6 Å². The molecule has 5 heteroatoms. The average molecular weight is 296 g/mol. The third-order valence-electron chi connectivity index (χ3n) is 4.98. The molecule has 21 heavy (non-hydrogen) atoms. The Morgan fingerprint density at radius 2 is 2.14 bits per heavy atom. The van der Waals surface area contributed by atoms with Gasteiger partial charge < -0.3 is 20.9 Å². The monoisotopic (exact) mass is 296 g/mol. The maximum Gasteiger partial charge on any atom is 0.239 e. The molecule has 122 valence electrons. The highest BCUT2D eigenvalue weighted by molar-refractivity contribution is 5.86. The number of hydrogen-bond acceptors (Lipinski definition) is 4. The van der Waals surface area contributed by atoms with Crippen LogP contribution in [0.1, 0.15) is 32.6 Å². The standard InChI is InChI=1S/C16H32N4O/c1-4-8-18-16(15(17)21,14-5-6-14)12-20(3)11-13-7-9-19(2)10-13/h13-14,18H,4-12H2,1-3H3,(H2,17,21). The molecule has 0 aromatic heterocycles. The first-order valence-electron chi connectivity index (χ1n) is 8.40. The molecular formula is C16H32N4O. The fourth-order valence-electron chi connectivity index (χ4n) is 3.73. The zero-order valence-corrected chi connectivity index (χ0v) is 13.9. The van der Waals surface area contributed by atoms with E-state index in [0.29, 0.717) is 5.92 Å². The van der Waals surface area contributed by atoms with Crippen molar-refractivity contribution < 1.29 is 4.79 Å². The lowest BCUT2D eigenvalue weighted by molar-refractivity contribution is -0.126. The van der Waals surface area contributed by atoms with Crippen LogP contribution >= 0.6 is 0 Å². The minimum Gasteiger partial charge on any atom is -0.368 e. The van der Waals surface area contributed by atoms with Crippen molar-refractivity contribution in [1.29, 1.82) is 0 Å². The van der Waals surface area contributed by atoms with E-state index in [2.05, 4.69) is 36.1 Å². The predicted molar refractivity (Wildman–Crippen MR) is 86.0 cm³/mol. The van der Waals surface area contributed by atoms with E-state index in [1.165, 1.54) is 19.5 Å². The summed E-state index contributed by atoms with van der Waals surface area (Å²) >= 11 is 0. The van der Waals surface area contributed by atoms with Crippen LogP contribution < -0.4 is 11.1 Å². The van der Waals surface area contributed by atoms with E-state index < -0.39 is 5.54 Å². The number of nitrogens with two attached hydrogens (primary N) is 1. The van der Waals surface area contributed by atoms with Crippen LogP contribution in [0.25, 0.3) is 0 Å². The van der Waals surface area contributed by atoms with Crippen LogP contribution in [0.5, 0.6) is 0 Å². The van der Waals surface area contributed by atoms with Crippen molar-refractivity contribution in [3.05, 3.63) is 0 Å². The summed E-state index contributed by atoms with van der Waals surface area (Å²) in [6.07, 6.45) is 4.54. The second-order valence-electron chi connectivity index (χ2n) is 7.15. The van der Waals surface area contributed by atoms with Crippen LogP contribution in [-0.4, -0.2) is 68.1 Å². The zero-order valence-electron chi connectivity index (χ0n) is 13.9. The van der Waals surface area contributed by atoms with Crippen LogP contribution in [0.15, 0.2) is 0 Å². The zero-order chi connectivity index (χ0) is 15.5. The first-order chi connectivity index (χ1) is 9.98. The smallest absolute Gasteiger partial charge is 0.239 e. The molecule has 2 unspecified atom stereocenters. The van der Waals surface area contributed by atoms with Crippen molar-refractivity contribution in [2.45, 2.75) is 38.1 Å². The van der Waals surface area contributed by atoms with Gasteiger partial charge in [0.1, 0.15) is 5.54 Å². The number of hydrogen-bond donors (Lipinski definition) is 2. The molecule has 0 radical (unpaired) electrons. The summed E-state index contributed by atoms with van der Waals surface area (Å²) in [4.78, 5) is 16.9. The number of primary amides is 1. The van der Waals surface area contributed by atoms with Crippen LogP contribution in [0.4, 0.5) is 0 Å². The van der Waals surface area contributed by atoms with Crippen molar-refractivity contribution in [2.75, 3.05) is 46.8 Å². The molecule has 0 bridgehead atoms. The third-order valence-corrected chi connectivity index (χ3v) is 4.98. The summed E-state index contributed by atoms with van der Waals surface area (Å²) in [5.41, 5.74) is 5.28. The van der Waals surface area contributed by atoms with Gasteiger partial charge in [0.05, 0.1) is 0 Å². The quantitative estimate of drug-likeness (QED) is 0.650. The van der Waals surface area contributed by atoms with Gasteiger partial charge in [-0.15, -0.1) is 0 Å². The molecule has 1 aliphatic heterocycles. The number of likely N-dealkylation sites (tertiary alicyclic amines) is 1. The van der Waals surface area contributed by atoms with Gasteiger partial charge in [-0.2, -0.15) is 0 Å². The highest BCUT2D eigenvalue weighted by atomic mass is 16.1. The first kappa shape index (κ1) is 16.7. The molecule has 5 nitrogen and oxygen atoms in total. The fraction of sp³-hybridized carbons (Fsp3) is 0.938. The fourth-order valence-corrected chi connectivity index (χ4v) is 3.73. The Morgan fingerprint density at radius 3 is 2.62 bits per heavy atom. The van der Waals surface area contributed by atoms with E-state index in [0.717, 1.165) is 44.8 Å². The van der Waals surface area contributed by atoms with Crippen LogP contribution in [0, 0.1) is 11.8 Å². The molecule has 3 N–H and O–H groups in total. The minimum atomic E-state index is -0.519. The van der Waals surface area contributed by atoms with Gasteiger partial charge >= 0.3 is 0 Å². The third kappa shape index (κ3) is 4.18. The predicted octanol–water partition coefficient (Wildman–Crippen LogP) is 0.504. The number of nitrogens with zero attached hydrogens (tertiary/aromatic N) is 2. The Balaban J connectivity index is 1.95. The molecule has 1 saturated heterocycles. The molecule has 1 amide bonds. The minimum absolute atomic E-state index is 0.172. The largest absolute Gasteiger partial charge is 0.368 e. The molecule has 1 heterocycles. The summed E-state index contributed by atoms with van der Waals surface area (Å²) in [5, 5.41) is 3.48. The lowest BCUT2D eigenvalue weighted by atomic mass is 9.90. The molecule has 2 fully saturated rings. The molecule has 0 aromatic rings. The number of carbonyl (C=O) groups excluding carboxylic acids is 1. The van der Waals surface area contributed by atoms with Crippen LogP contribution in [-0.2, 0) is 4.79 Å². The van der Waals surface area contributed by atoms with Gasteiger partial charge in [0, 0.05) is 19.6 Å². The van der Waals surface area contributed by atoms with Gasteiger partial charge in [0.2, 0.25) is 5.91 Å². The number of carbonyl (C=O) groups is 1. The Hall–Kier alpha value is -0.650. The molecule has 0 aromatic carbocycles. The van der Waals surface area contributed by atoms with E-state index in [4.69, 9.17) is 5.73 Å². The summed E-state index contributed by atoms with van der Waals surface area (Å²) in [7, 11) is 4.31.